The van der Waals surface area contributed by atoms with Crippen molar-refractivity contribution in [3.05, 3.63) is 29.8 Å². The molecule has 2 unspecified atom stereocenters. The molecule has 1 saturated carbocycles. The summed E-state index contributed by atoms with van der Waals surface area (Å²) in [5.74, 6) is 1.27. The van der Waals surface area contributed by atoms with Crippen molar-refractivity contribution in [2.24, 2.45) is 17.1 Å². The molecule has 0 saturated heterocycles. The number of carbonyl (C=O) groups is 1. The highest BCUT2D eigenvalue weighted by molar-refractivity contribution is 5.82. The van der Waals surface area contributed by atoms with Crippen LogP contribution in [-0.2, 0) is 4.79 Å². The fourth-order valence-electron chi connectivity index (χ4n) is 2.35. The number of benzene rings is 1. The molecule has 1 aliphatic rings. The van der Waals surface area contributed by atoms with E-state index in [9.17, 15) is 4.79 Å². The zero-order chi connectivity index (χ0) is 15.6. The molecule has 3 N–H and O–H groups in total. The van der Waals surface area contributed by atoms with E-state index in [-0.39, 0.29) is 17.4 Å². The molecule has 1 aromatic rings. The molecular weight excluding hydrogens is 264 g/mol. The van der Waals surface area contributed by atoms with Crippen molar-refractivity contribution in [2.75, 3.05) is 7.11 Å². The predicted octanol–water partition coefficient (Wildman–Crippen LogP) is 2.64. The second-order valence-corrected chi connectivity index (χ2v) is 6.94. The van der Waals surface area contributed by atoms with Crippen molar-refractivity contribution in [3.8, 4) is 5.75 Å². The maximum absolute atomic E-state index is 12.4. The fourth-order valence-corrected chi connectivity index (χ4v) is 2.35. The Labute approximate surface area is 127 Å². The second-order valence-electron chi connectivity index (χ2n) is 6.94. The minimum absolute atomic E-state index is 0.0526. The van der Waals surface area contributed by atoms with Crippen LogP contribution in [0.4, 0.5) is 0 Å². The van der Waals surface area contributed by atoms with Crippen LogP contribution in [-0.4, -0.2) is 19.1 Å². The van der Waals surface area contributed by atoms with Crippen molar-refractivity contribution in [2.45, 2.75) is 45.7 Å². The van der Waals surface area contributed by atoms with E-state index >= 15 is 0 Å². The molecule has 0 aromatic heterocycles. The third kappa shape index (κ3) is 3.97. The topological polar surface area (TPSA) is 64.3 Å². The van der Waals surface area contributed by atoms with E-state index in [2.05, 4.69) is 5.32 Å². The molecule has 0 spiro atoms. The summed E-state index contributed by atoms with van der Waals surface area (Å²) in [6.07, 6.45) is 2.31. The maximum atomic E-state index is 12.4. The molecule has 21 heavy (non-hydrogen) atoms. The Morgan fingerprint density at radius 1 is 1.29 bits per heavy atom. The summed E-state index contributed by atoms with van der Waals surface area (Å²) < 4.78 is 5.18. The maximum Gasteiger partial charge on any atom is 0.237 e. The summed E-state index contributed by atoms with van der Waals surface area (Å²) in [7, 11) is 1.65. The number of amides is 1. The molecule has 2 atom stereocenters. The minimum atomic E-state index is -0.503. The Bertz CT molecular complexity index is 487. The van der Waals surface area contributed by atoms with Gasteiger partial charge in [-0.15, -0.1) is 0 Å². The molecule has 0 radical (unpaired) electrons. The lowest BCUT2D eigenvalue weighted by Crippen LogP contribution is -2.49. The van der Waals surface area contributed by atoms with Crippen LogP contribution in [0.5, 0.6) is 5.75 Å². The average Bonchev–Trinajstić information content (AvgIpc) is 3.27. The van der Waals surface area contributed by atoms with Gasteiger partial charge in [-0.1, -0.05) is 32.9 Å². The number of ether oxygens (including phenoxy) is 1. The molecule has 0 aliphatic heterocycles. The molecule has 1 fully saturated rings. The summed E-state index contributed by atoms with van der Waals surface area (Å²) in [4.78, 5) is 12.4. The fraction of sp³-hybridized carbons (Fsp3) is 0.588. The molecule has 1 aliphatic carbocycles. The standard InChI is InChI=1S/C17H26N2O2/c1-17(2,3)15(18)16(20)19-14(11-5-6-11)12-7-9-13(21-4)10-8-12/h7-11,14-15H,5-6,18H2,1-4H3,(H,19,20). The van der Waals surface area contributed by atoms with Crippen molar-refractivity contribution in [1.82, 2.24) is 5.32 Å². The third-order valence-corrected chi connectivity index (χ3v) is 4.08. The van der Waals surface area contributed by atoms with Crippen LogP contribution in [0.3, 0.4) is 0 Å². The van der Waals surface area contributed by atoms with E-state index in [0.717, 1.165) is 24.2 Å². The molecule has 1 aromatic carbocycles. The van der Waals surface area contributed by atoms with Gasteiger partial charge < -0.3 is 15.8 Å². The van der Waals surface area contributed by atoms with Gasteiger partial charge in [0.25, 0.3) is 0 Å². The zero-order valence-electron chi connectivity index (χ0n) is 13.3. The van der Waals surface area contributed by atoms with E-state index in [1.54, 1.807) is 7.11 Å². The highest BCUT2D eigenvalue weighted by atomic mass is 16.5. The number of nitrogens with two attached hydrogens (primary N) is 1. The van der Waals surface area contributed by atoms with E-state index in [4.69, 9.17) is 10.5 Å². The van der Waals surface area contributed by atoms with Crippen molar-refractivity contribution >= 4 is 5.91 Å². The van der Waals surface area contributed by atoms with Crippen molar-refractivity contribution < 1.29 is 9.53 Å². The minimum Gasteiger partial charge on any atom is -0.497 e. The monoisotopic (exact) mass is 290 g/mol. The number of carbonyl (C=O) groups excluding carboxylic acids is 1. The first-order chi connectivity index (χ1) is 9.82. The summed E-state index contributed by atoms with van der Waals surface area (Å²) >= 11 is 0. The number of nitrogens with one attached hydrogen (secondary N) is 1. The van der Waals surface area contributed by atoms with Gasteiger partial charge in [-0.25, -0.2) is 0 Å². The Kier molecular flexibility index (Phi) is 4.57. The average molecular weight is 290 g/mol. The van der Waals surface area contributed by atoms with Gasteiger partial charge in [-0.2, -0.15) is 0 Å². The molecule has 4 nitrogen and oxygen atoms in total. The Morgan fingerprint density at radius 2 is 1.86 bits per heavy atom. The molecule has 0 bridgehead atoms. The molecule has 0 heterocycles. The van der Waals surface area contributed by atoms with Crippen LogP contribution < -0.4 is 15.8 Å². The van der Waals surface area contributed by atoms with Crippen molar-refractivity contribution in [1.29, 1.82) is 0 Å². The third-order valence-electron chi connectivity index (χ3n) is 4.08. The largest absolute Gasteiger partial charge is 0.497 e. The predicted molar refractivity (Wildman–Crippen MR) is 84.0 cm³/mol. The summed E-state index contributed by atoms with van der Waals surface area (Å²) in [5, 5.41) is 3.13. The summed E-state index contributed by atoms with van der Waals surface area (Å²) in [5.41, 5.74) is 6.94. The highest BCUT2D eigenvalue weighted by Crippen LogP contribution is 2.41. The smallest absolute Gasteiger partial charge is 0.237 e. The summed E-state index contributed by atoms with van der Waals surface area (Å²) in [6.45, 7) is 5.95. The number of rotatable bonds is 5. The van der Waals surface area contributed by atoms with E-state index in [1.165, 1.54) is 0 Å². The highest BCUT2D eigenvalue weighted by Gasteiger charge is 2.36. The Hall–Kier alpha value is -1.55. The lowest BCUT2D eigenvalue weighted by molar-refractivity contribution is -0.125. The van der Waals surface area contributed by atoms with Gasteiger partial charge in [0, 0.05) is 0 Å². The lowest BCUT2D eigenvalue weighted by atomic mass is 9.86. The van der Waals surface area contributed by atoms with Gasteiger partial charge in [0.05, 0.1) is 19.2 Å². The van der Waals surface area contributed by atoms with Crippen LogP contribution in [0.25, 0.3) is 0 Å². The van der Waals surface area contributed by atoms with Gasteiger partial charge in [-0.3, -0.25) is 4.79 Å². The number of hydrogen-bond donors (Lipinski definition) is 2. The van der Waals surface area contributed by atoms with Gasteiger partial charge in [0.15, 0.2) is 0 Å². The summed E-state index contributed by atoms with van der Waals surface area (Å²) in [6, 6.07) is 7.45. The van der Waals surface area contributed by atoms with E-state index < -0.39 is 6.04 Å². The second kappa shape index (κ2) is 6.06. The first-order valence-corrected chi connectivity index (χ1v) is 7.53. The number of methoxy groups -OCH3 is 1. The van der Waals surface area contributed by atoms with Gasteiger partial charge in [0.1, 0.15) is 5.75 Å². The quantitative estimate of drug-likeness (QED) is 0.876. The molecule has 4 heteroatoms. The first-order valence-electron chi connectivity index (χ1n) is 7.53. The van der Waals surface area contributed by atoms with Crippen LogP contribution >= 0.6 is 0 Å². The molecular formula is C17H26N2O2. The van der Waals surface area contributed by atoms with Crippen LogP contribution in [0.15, 0.2) is 24.3 Å². The van der Waals surface area contributed by atoms with Crippen LogP contribution in [0, 0.1) is 11.3 Å². The lowest BCUT2D eigenvalue weighted by Gasteiger charge is -2.28. The molecule has 116 valence electrons. The van der Waals surface area contributed by atoms with Gasteiger partial charge in [0.2, 0.25) is 5.91 Å². The van der Waals surface area contributed by atoms with E-state index in [0.29, 0.717) is 5.92 Å². The normalized spacial score (nSPS) is 18.0. The zero-order valence-corrected chi connectivity index (χ0v) is 13.3. The van der Waals surface area contributed by atoms with Crippen LogP contribution in [0.2, 0.25) is 0 Å². The Balaban J connectivity index is 2.10. The SMILES string of the molecule is COc1ccc(C(NC(=O)C(N)C(C)(C)C)C2CC2)cc1. The van der Waals surface area contributed by atoms with Crippen molar-refractivity contribution in [3.63, 3.8) is 0 Å². The molecule has 2 rings (SSSR count). The number of hydrogen-bond acceptors (Lipinski definition) is 3. The van der Waals surface area contributed by atoms with Gasteiger partial charge in [-0.05, 0) is 41.9 Å². The van der Waals surface area contributed by atoms with Crippen LogP contribution in [0.1, 0.15) is 45.2 Å². The molecule has 1 amide bonds. The first kappa shape index (κ1) is 15.8. The van der Waals surface area contributed by atoms with E-state index in [1.807, 2.05) is 45.0 Å². The Morgan fingerprint density at radius 3 is 2.29 bits per heavy atom. The van der Waals surface area contributed by atoms with Gasteiger partial charge >= 0.3 is 0 Å².